The number of hydrogen-bond donors (Lipinski definition) is 1. The lowest BCUT2D eigenvalue weighted by Crippen LogP contribution is -2.01. The molecule has 0 aliphatic carbocycles. The summed E-state index contributed by atoms with van der Waals surface area (Å²) in [4.78, 5) is 4.44. The Labute approximate surface area is 240 Å². The number of sulfone groups is 1. The molecular weight excluding hydrogens is 548 g/mol. The molecule has 2 N–H and O–H groups in total. The molecule has 0 saturated heterocycles. The Balaban J connectivity index is 1.84. The summed E-state index contributed by atoms with van der Waals surface area (Å²) in [6.07, 6.45) is 4.59. The Morgan fingerprint density at radius 1 is 0.756 bits per heavy atom. The molecule has 0 saturated carbocycles. The van der Waals surface area contributed by atoms with Crippen molar-refractivity contribution >= 4 is 33.5 Å². The van der Waals surface area contributed by atoms with Crippen molar-refractivity contribution in [3.05, 3.63) is 76.7 Å². The fourth-order valence-corrected chi connectivity index (χ4v) is 4.97. The van der Waals surface area contributed by atoms with Gasteiger partial charge in [0.25, 0.3) is 0 Å². The number of benzene rings is 3. The van der Waals surface area contributed by atoms with Gasteiger partial charge in [-0.3, -0.25) is 4.99 Å². The molecule has 0 unspecified atom stereocenters. The fourth-order valence-electron chi connectivity index (χ4n) is 3.89. The van der Waals surface area contributed by atoms with Gasteiger partial charge in [0.2, 0.25) is 0 Å². The molecule has 41 heavy (non-hydrogen) atoms. The van der Waals surface area contributed by atoms with E-state index in [1.165, 1.54) is 40.7 Å². The highest BCUT2D eigenvalue weighted by Gasteiger charge is 2.15. The summed E-state index contributed by atoms with van der Waals surface area (Å²) in [6, 6.07) is 13.6. The number of nitrogens with zero attached hydrogens (tertiary/aromatic N) is 1. The van der Waals surface area contributed by atoms with Crippen LogP contribution in [0.25, 0.3) is 11.8 Å². The second-order valence-corrected chi connectivity index (χ2v) is 10.4. The van der Waals surface area contributed by atoms with Gasteiger partial charge in [-0.05, 0) is 48.0 Å². The smallest absolute Gasteiger partial charge is 0.175 e. The Morgan fingerprint density at radius 3 is 1.95 bits per heavy atom. The van der Waals surface area contributed by atoms with Gasteiger partial charge >= 0.3 is 0 Å². The van der Waals surface area contributed by atoms with E-state index in [1.54, 1.807) is 68.8 Å². The predicted octanol–water partition coefficient (Wildman–Crippen LogP) is 5.03. The highest BCUT2D eigenvalue weighted by Crippen LogP contribution is 2.36. The van der Waals surface area contributed by atoms with Gasteiger partial charge in [0.05, 0.1) is 54.0 Å². The van der Waals surface area contributed by atoms with Gasteiger partial charge in [0.15, 0.2) is 21.3 Å². The van der Waals surface area contributed by atoms with E-state index in [4.69, 9.17) is 34.2 Å². The highest BCUT2D eigenvalue weighted by atomic mass is 32.2. The Hall–Kier alpha value is -4.64. The molecule has 0 fully saturated rings. The molecule has 11 heteroatoms. The first-order chi connectivity index (χ1) is 19.7. The van der Waals surface area contributed by atoms with E-state index < -0.39 is 9.84 Å². The zero-order chi connectivity index (χ0) is 30.0. The van der Waals surface area contributed by atoms with Crippen molar-refractivity contribution in [3.8, 4) is 34.5 Å². The van der Waals surface area contributed by atoms with Gasteiger partial charge < -0.3 is 34.2 Å². The molecule has 0 aliphatic heterocycles. The molecular formula is C30H34N2O8S. The van der Waals surface area contributed by atoms with Crippen molar-refractivity contribution in [1.29, 1.82) is 0 Å². The van der Waals surface area contributed by atoms with Crippen molar-refractivity contribution < 1.29 is 36.8 Å². The Bertz CT molecular complexity index is 1540. The van der Waals surface area contributed by atoms with Crippen LogP contribution in [0.1, 0.15) is 16.7 Å². The van der Waals surface area contributed by atoms with Crippen LogP contribution in [0.4, 0.5) is 5.69 Å². The number of hydrogen-bond acceptors (Lipinski definition) is 10. The van der Waals surface area contributed by atoms with Crippen LogP contribution in [0, 0.1) is 0 Å². The number of ether oxygens (including phenoxy) is 6. The minimum absolute atomic E-state index is 0.263. The molecule has 3 rings (SSSR count). The third-order valence-electron chi connectivity index (χ3n) is 5.99. The van der Waals surface area contributed by atoms with E-state index in [-0.39, 0.29) is 5.75 Å². The summed E-state index contributed by atoms with van der Waals surface area (Å²) < 4.78 is 58.1. The standard InChI is InChI=1S/C30H34N2O8S/c1-35-22-17-28(38-4)23(29(18-22)39-5)12-14-41(33,34)19-20-7-9-26(36-2)25(15-20)32-13-11-24(31)21-8-10-27(37-3)30(16-21)40-6/h7-18H,19,31H2,1-6H3/b14-12+,24-11?,32-13?. The third kappa shape index (κ3) is 7.95. The first kappa shape index (κ1) is 30.9. The van der Waals surface area contributed by atoms with Gasteiger partial charge in [0, 0.05) is 35.0 Å². The predicted molar refractivity (Wildman–Crippen MR) is 161 cm³/mol. The Morgan fingerprint density at radius 2 is 1.37 bits per heavy atom. The lowest BCUT2D eigenvalue weighted by atomic mass is 10.1. The van der Waals surface area contributed by atoms with E-state index in [2.05, 4.69) is 4.99 Å². The van der Waals surface area contributed by atoms with Crippen LogP contribution in [0.3, 0.4) is 0 Å². The number of rotatable bonds is 13. The first-order valence-corrected chi connectivity index (χ1v) is 14.0. The molecule has 3 aromatic carbocycles. The monoisotopic (exact) mass is 582 g/mol. The normalized spacial score (nSPS) is 12.0. The van der Waals surface area contributed by atoms with E-state index >= 15 is 0 Å². The zero-order valence-corrected chi connectivity index (χ0v) is 24.7. The lowest BCUT2D eigenvalue weighted by Gasteiger charge is -2.12. The molecule has 3 aromatic rings. The molecule has 0 heterocycles. The number of nitrogens with two attached hydrogens (primary N) is 1. The van der Waals surface area contributed by atoms with Gasteiger partial charge in [0.1, 0.15) is 28.7 Å². The van der Waals surface area contributed by atoms with Crippen molar-refractivity contribution in [2.24, 2.45) is 10.7 Å². The van der Waals surface area contributed by atoms with Crippen molar-refractivity contribution in [3.63, 3.8) is 0 Å². The van der Waals surface area contributed by atoms with Crippen LogP contribution in [-0.2, 0) is 15.6 Å². The average molecular weight is 583 g/mol. The summed E-state index contributed by atoms with van der Waals surface area (Å²) in [7, 11) is 5.41. The largest absolute Gasteiger partial charge is 0.496 e. The summed E-state index contributed by atoms with van der Waals surface area (Å²) in [5, 5.41) is 1.12. The van der Waals surface area contributed by atoms with Gasteiger partial charge in [-0.15, -0.1) is 0 Å². The second kappa shape index (κ2) is 14.1. The van der Waals surface area contributed by atoms with Crippen molar-refractivity contribution in [2.45, 2.75) is 5.75 Å². The van der Waals surface area contributed by atoms with E-state index in [9.17, 15) is 8.42 Å². The summed E-state index contributed by atoms with van der Waals surface area (Å²) in [5.74, 6) is 2.69. The molecule has 0 aliphatic rings. The van der Waals surface area contributed by atoms with Crippen LogP contribution >= 0.6 is 0 Å². The topological polar surface area (TPSA) is 128 Å². The molecule has 218 valence electrons. The van der Waals surface area contributed by atoms with Crippen LogP contribution in [0.5, 0.6) is 34.5 Å². The van der Waals surface area contributed by atoms with Crippen LogP contribution in [0.15, 0.2) is 65.0 Å². The number of allylic oxidation sites excluding steroid dienone is 1. The Kier molecular flexibility index (Phi) is 10.6. The molecule has 0 aromatic heterocycles. The van der Waals surface area contributed by atoms with E-state index in [0.29, 0.717) is 57.0 Å². The minimum atomic E-state index is -3.69. The average Bonchev–Trinajstić information content (AvgIpc) is 2.98. The summed E-state index contributed by atoms with van der Waals surface area (Å²) in [5.41, 5.74) is 8.83. The molecule has 10 nitrogen and oxygen atoms in total. The van der Waals surface area contributed by atoms with Gasteiger partial charge in [-0.1, -0.05) is 6.07 Å². The molecule has 0 amide bonds. The molecule has 0 radical (unpaired) electrons. The summed E-state index contributed by atoms with van der Waals surface area (Å²) >= 11 is 0. The summed E-state index contributed by atoms with van der Waals surface area (Å²) in [6.45, 7) is 0. The SMILES string of the molecule is COc1cc(OC)c(/C=C/S(=O)(=O)Cc2ccc(OC)c(N=CC=C(N)c3ccc(OC)c(OC)c3)c2)c(OC)c1. The zero-order valence-electron chi connectivity index (χ0n) is 23.8. The maximum absolute atomic E-state index is 13.0. The highest BCUT2D eigenvalue weighted by molar-refractivity contribution is 7.93. The van der Waals surface area contributed by atoms with Crippen LogP contribution in [-0.4, -0.2) is 57.3 Å². The maximum atomic E-state index is 13.0. The van der Waals surface area contributed by atoms with E-state index in [1.807, 2.05) is 0 Å². The van der Waals surface area contributed by atoms with Crippen molar-refractivity contribution in [2.75, 3.05) is 42.7 Å². The molecule has 0 atom stereocenters. The van der Waals surface area contributed by atoms with Crippen LogP contribution < -0.4 is 34.2 Å². The quantitative estimate of drug-likeness (QED) is 0.276. The number of aliphatic imine (C=N–C) groups is 1. The van der Waals surface area contributed by atoms with Crippen LogP contribution in [0.2, 0.25) is 0 Å². The fraction of sp³-hybridized carbons (Fsp3) is 0.233. The molecule has 0 spiro atoms. The van der Waals surface area contributed by atoms with E-state index in [0.717, 1.165) is 11.0 Å². The minimum Gasteiger partial charge on any atom is -0.496 e. The number of methoxy groups -OCH3 is 6. The molecule has 0 bridgehead atoms. The second-order valence-electron chi connectivity index (χ2n) is 8.53. The maximum Gasteiger partial charge on any atom is 0.175 e. The lowest BCUT2D eigenvalue weighted by molar-refractivity contribution is 0.355. The first-order valence-electron chi connectivity index (χ1n) is 12.3. The van der Waals surface area contributed by atoms with Gasteiger partial charge in [-0.25, -0.2) is 8.42 Å². The van der Waals surface area contributed by atoms with Gasteiger partial charge in [-0.2, -0.15) is 0 Å². The third-order valence-corrected chi connectivity index (χ3v) is 7.28. The van der Waals surface area contributed by atoms with Crippen molar-refractivity contribution in [1.82, 2.24) is 0 Å².